The Morgan fingerprint density at radius 1 is 1.14 bits per heavy atom. The molecule has 0 spiro atoms. The summed E-state index contributed by atoms with van der Waals surface area (Å²) in [6.45, 7) is 0.945. The molecule has 4 rings (SSSR count). The van der Waals surface area contributed by atoms with E-state index in [1.807, 2.05) is 42.7 Å². The third-order valence-corrected chi connectivity index (χ3v) is 3.75. The molecule has 2 aromatic carbocycles. The van der Waals surface area contributed by atoms with Crippen LogP contribution in [0.5, 0.6) is 11.5 Å². The second kappa shape index (κ2) is 4.79. The predicted octanol–water partition coefficient (Wildman–Crippen LogP) is 2.46. The van der Waals surface area contributed by atoms with Crippen LogP contribution in [0.25, 0.3) is 11.0 Å². The summed E-state index contributed by atoms with van der Waals surface area (Å²) in [7, 11) is 0. The van der Waals surface area contributed by atoms with E-state index in [4.69, 9.17) is 15.2 Å². The van der Waals surface area contributed by atoms with E-state index in [0.29, 0.717) is 6.54 Å². The predicted molar refractivity (Wildman–Crippen MR) is 79.2 cm³/mol. The molecule has 1 aliphatic heterocycles. The average molecular weight is 281 g/mol. The quantitative estimate of drug-likeness (QED) is 0.801. The van der Waals surface area contributed by atoms with Crippen LogP contribution < -0.4 is 15.2 Å². The molecule has 2 heterocycles. The molecule has 0 aliphatic carbocycles. The Bertz CT molecular complexity index is 797. The summed E-state index contributed by atoms with van der Waals surface area (Å²) in [5, 5.41) is 0. The van der Waals surface area contributed by atoms with Crippen LogP contribution in [-0.4, -0.2) is 16.3 Å². The van der Waals surface area contributed by atoms with Gasteiger partial charge in [0.25, 0.3) is 0 Å². The van der Waals surface area contributed by atoms with Gasteiger partial charge in [0.1, 0.15) is 0 Å². The molecule has 21 heavy (non-hydrogen) atoms. The number of benzene rings is 2. The fraction of sp³-hybridized carbons (Fsp3) is 0.188. The van der Waals surface area contributed by atoms with E-state index in [1.54, 1.807) is 0 Å². The van der Waals surface area contributed by atoms with Gasteiger partial charge in [0.05, 0.1) is 17.4 Å². The highest BCUT2D eigenvalue weighted by molar-refractivity contribution is 5.74. The standard InChI is InChI=1S/C16H15N3O2/c17-12(11-5-6-15-16(7-11)21-10-20-15)8-19-9-18-13-3-1-2-4-14(13)19/h1-7,9,12H,8,10,17H2. The zero-order chi connectivity index (χ0) is 14.2. The van der Waals surface area contributed by atoms with Crippen LogP contribution in [0.3, 0.4) is 0 Å². The van der Waals surface area contributed by atoms with Crippen LogP contribution in [-0.2, 0) is 6.54 Å². The average Bonchev–Trinajstić information content (AvgIpc) is 3.13. The first-order chi connectivity index (χ1) is 10.3. The number of imidazole rings is 1. The largest absolute Gasteiger partial charge is 0.454 e. The molecule has 0 amide bonds. The molecular weight excluding hydrogens is 266 g/mol. The van der Waals surface area contributed by atoms with Crippen LogP contribution in [0.4, 0.5) is 0 Å². The van der Waals surface area contributed by atoms with E-state index in [0.717, 1.165) is 28.1 Å². The zero-order valence-corrected chi connectivity index (χ0v) is 11.4. The SMILES string of the molecule is NC(Cn1cnc2ccccc21)c1ccc2c(c1)OCO2. The first-order valence-corrected chi connectivity index (χ1v) is 6.86. The third-order valence-electron chi connectivity index (χ3n) is 3.75. The van der Waals surface area contributed by atoms with Gasteiger partial charge in [-0.25, -0.2) is 4.98 Å². The van der Waals surface area contributed by atoms with Crippen molar-refractivity contribution in [2.24, 2.45) is 5.73 Å². The van der Waals surface area contributed by atoms with Crippen molar-refractivity contribution in [3.8, 4) is 11.5 Å². The maximum absolute atomic E-state index is 6.33. The zero-order valence-electron chi connectivity index (χ0n) is 11.4. The van der Waals surface area contributed by atoms with Gasteiger partial charge in [-0.3, -0.25) is 0 Å². The van der Waals surface area contributed by atoms with E-state index >= 15 is 0 Å². The second-order valence-electron chi connectivity index (χ2n) is 5.10. The van der Waals surface area contributed by atoms with Crippen molar-refractivity contribution in [1.29, 1.82) is 0 Å². The Labute approximate surface area is 121 Å². The van der Waals surface area contributed by atoms with Crippen LogP contribution in [0.2, 0.25) is 0 Å². The highest BCUT2D eigenvalue weighted by Crippen LogP contribution is 2.34. The third kappa shape index (κ3) is 2.11. The minimum atomic E-state index is -0.128. The van der Waals surface area contributed by atoms with Gasteiger partial charge in [-0.15, -0.1) is 0 Å². The molecule has 0 saturated heterocycles. The van der Waals surface area contributed by atoms with E-state index < -0.39 is 0 Å². The number of fused-ring (bicyclic) bond motifs is 2. The van der Waals surface area contributed by atoms with E-state index in [1.165, 1.54) is 0 Å². The lowest BCUT2D eigenvalue weighted by Crippen LogP contribution is -2.17. The molecule has 1 aromatic heterocycles. The maximum atomic E-state index is 6.33. The number of nitrogens with two attached hydrogens (primary N) is 1. The number of para-hydroxylation sites is 2. The maximum Gasteiger partial charge on any atom is 0.231 e. The van der Waals surface area contributed by atoms with Gasteiger partial charge in [-0.2, -0.15) is 0 Å². The number of aromatic nitrogens is 2. The molecule has 5 heteroatoms. The molecule has 5 nitrogen and oxygen atoms in total. The van der Waals surface area contributed by atoms with E-state index in [9.17, 15) is 0 Å². The second-order valence-corrected chi connectivity index (χ2v) is 5.10. The summed E-state index contributed by atoms with van der Waals surface area (Å²) < 4.78 is 12.8. The van der Waals surface area contributed by atoms with Crippen molar-refractivity contribution in [1.82, 2.24) is 9.55 Å². The van der Waals surface area contributed by atoms with Crippen molar-refractivity contribution >= 4 is 11.0 Å². The number of hydrogen-bond donors (Lipinski definition) is 1. The van der Waals surface area contributed by atoms with Gasteiger partial charge >= 0.3 is 0 Å². The van der Waals surface area contributed by atoms with Crippen molar-refractivity contribution in [2.45, 2.75) is 12.6 Å². The molecule has 0 bridgehead atoms. The van der Waals surface area contributed by atoms with Crippen molar-refractivity contribution in [3.63, 3.8) is 0 Å². The lowest BCUT2D eigenvalue weighted by molar-refractivity contribution is 0.174. The topological polar surface area (TPSA) is 62.3 Å². The molecule has 3 aromatic rings. The Morgan fingerprint density at radius 3 is 2.95 bits per heavy atom. The van der Waals surface area contributed by atoms with Crippen molar-refractivity contribution in [3.05, 3.63) is 54.4 Å². The molecule has 0 fully saturated rings. The molecule has 0 radical (unpaired) electrons. The van der Waals surface area contributed by atoms with E-state index in [-0.39, 0.29) is 12.8 Å². The lowest BCUT2D eigenvalue weighted by Gasteiger charge is -2.14. The molecule has 1 atom stereocenters. The van der Waals surface area contributed by atoms with Gasteiger partial charge in [0, 0.05) is 12.6 Å². The smallest absolute Gasteiger partial charge is 0.231 e. The molecular formula is C16H15N3O2. The monoisotopic (exact) mass is 281 g/mol. The summed E-state index contributed by atoms with van der Waals surface area (Å²) >= 11 is 0. The van der Waals surface area contributed by atoms with Crippen molar-refractivity contribution in [2.75, 3.05) is 6.79 Å². The van der Waals surface area contributed by atoms with Gasteiger partial charge < -0.3 is 19.8 Å². The summed E-state index contributed by atoms with van der Waals surface area (Å²) in [5.74, 6) is 1.54. The number of rotatable bonds is 3. The molecule has 0 saturated carbocycles. The summed E-state index contributed by atoms with van der Waals surface area (Å²) in [5.41, 5.74) is 9.42. The van der Waals surface area contributed by atoms with Gasteiger partial charge in [-0.05, 0) is 29.8 Å². The number of hydrogen-bond acceptors (Lipinski definition) is 4. The Kier molecular flexibility index (Phi) is 2.79. The first kappa shape index (κ1) is 12.2. The van der Waals surface area contributed by atoms with Gasteiger partial charge in [0.15, 0.2) is 11.5 Å². The summed E-state index contributed by atoms with van der Waals surface area (Å²) in [6, 6.07) is 13.8. The van der Waals surface area contributed by atoms with E-state index in [2.05, 4.69) is 15.6 Å². The minimum absolute atomic E-state index is 0.128. The highest BCUT2D eigenvalue weighted by Gasteiger charge is 2.16. The summed E-state index contributed by atoms with van der Waals surface area (Å²) in [6.07, 6.45) is 1.83. The first-order valence-electron chi connectivity index (χ1n) is 6.86. The normalized spacial score (nSPS) is 14.5. The Hall–Kier alpha value is -2.53. The molecule has 1 unspecified atom stereocenters. The van der Waals surface area contributed by atoms with Crippen LogP contribution >= 0.6 is 0 Å². The molecule has 106 valence electrons. The number of nitrogens with zero attached hydrogens (tertiary/aromatic N) is 2. The summed E-state index contributed by atoms with van der Waals surface area (Å²) in [4.78, 5) is 4.39. The number of ether oxygens (including phenoxy) is 2. The fourth-order valence-corrected chi connectivity index (χ4v) is 2.62. The Morgan fingerprint density at radius 2 is 2.00 bits per heavy atom. The van der Waals surface area contributed by atoms with Crippen LogP contribution in [0.15, 0.2) is 48.8 Å². The van der Waals surface area contributed by atoms with Gasteiger partial charge in [-0.1, -0.05) is 18.2 Å². The van der Waals surface area contributed by atoms with Crippen LogP contribution in [0.1, 0.15) is 11.6 Å². The van der Waals surface area contributed by atoms with Crippen LogP contribution in [0, 0.1) is 0 Å². The minimum Gasteiger partial charge on any atom is -0.454 e. The fourth-order valence-electron chi connectivity index (χ4n) is 2.62. The molecule has 1 aliphatic rings. The van der Waals surface area contributed by atoms with Crippen molar-refractivity contribution < 1.29 is 9.47 Å². The molecule has 2 N–H and O–H groups in total. The highest BCUT2D eigenvalue weighted by atomic mass is 16.7. The van der Waals surface area contributed by atoms with Gasteiger partial charge in [0.2, 0.25) is 6.79 Å². The Balaban J connectivity index is 1.62. The lowest BCUT2D eigenvalue weighted by atomic mass is 10.1.